The summed E-state index contributed by atoms with van der Waals surface area (Å²) in [4.78, 5) is 16.2. The van der Waals surface area contributed by atoms with Crippen molar-refractivity contribution in [3.8, 4) is 0 Å². The molecule has 2 aliphatic rings. The Hall–Kier alpha value is -1.40. The zero-order valence-electron chi connectivity index (χ0n) is 15.9. The van der Waals surface area contributed by atoms with Crippen LogP contribution in [-0.4, -0.2) is 71.9 Å². The van der Waals surface area contributed by atoms with Crippen LogP contribution in [0.15, 0.2) is 12.4 Å². The number of nitrogens with zero attached hydrogens (tertiary/aromatic N) is 5. The summed E-state index contributed by atoms with van der Waals surface area (Å²) in [7, 11) is 2.16. The summed E-state index contributed by atoms with van der Waals surface area (Å²) in [6.07, 6.45) is 6.29. The van der Waals surface area contributed by atoms with Crippen molar-refractivity contribution in [2.75, 3.05) is 49.6 Å². The van der Waals surface area contributed by atoms with Gasteiger partial charge in [0.1, 0.15) is 18.0 Å². The molecule has 140 valence electrons. The first-order valence-corrected chi connectivity index (χ1v) is 9.73. The summed E-state index contributed by atoms with van der Waals surface area (Å²) in [6.45, 7) is 9.05. The molecule has 3 heterocycles. The highest BCUT2D eigenvalue weighted by atomic mass is 16.3. The predicted molar refractivity (Wildman–Crippen MR) is 102 cm³/mol. The molecule has 0 saturated carbocycles. The Balaban J connectivity index is 1.65. The van der Waals surface area contributed by atoms with E-state index in [0.29, 0.717) is 18.0 Å². The molecule has 0 amide bonds. The average Bonchev–Trinajstić information content (AvgIpc) is 2.67. The predicted octanol–water partition coefficient (Wildman–Crippen LogP) is 1.99. The second-order valence-corrected chi connectivity index (χ2v) is 7.84. The van der Waals surface area contributed by atoms with Gasteiger partial charge < -0.3 is 19.8 Å². The standard InChI is InChI=1S/C19H33N5O/c1-15(2)23-9-6-17(7-10-23)22(3)18-11-19(21-14-20-18)24-8-4-5-16(12-24)13-25/h11,14-17,25H,4-10,12-13H2,1-3H3. The van der Waals surface area contributed by atoms with Gasteiger partial charge in [0.05, 0.1) is 0 Å². The summed E-state index contributed by atoms with van der Waals surface area (Å²) in [5, 5.41) is 9.46. The molecule has 2 aliphatic heterocycles. The Labute approximate surface area is 151 Å². The summed E-state index contributed by atoms with van der Waals surface area (Å²) in [5.74, 6) is 2.37. The van der Waals surface area contributed by atoms with E-state index in [1.807, 2.05) is 0 Å². The van der Waals surface area contributed by atoms with E-state index in [2.05, 4.69) is 51.6 Å². The van der Waals surface area contributed by atoms with Crippen LogP contribution in [0.1, 0.15) is 39.5 Å². The monoisotopic (exact) mass is 347 g/mol. The number of aliphatic hydroxyl groups is 1. The van der Waals surface area contributed by atoms with Crippen LogP contribution < -0.4 is 9.80 Å². The van der Waals surface area contributed by atoms with Gasteiger partial charge in [-0.25, -0.2) is 9.97 Å². The number of aliphatic hydroxyl groups excluding tert-OH is 1. The number of likely N-dealkylation sites (tertiary alicyclic amines) is 1. The van der Waals surface area contributed by atoms with Gasteiger partial charge >= 0.3 is 0 Å². The molecular weight excluding hydrogens is 314 g/mol. The molecule has 0 aliphatic carbocycles. The molecule has 0 bridgehead atoms. The van der Waals surface area contributed by atoms with Gasteiger partial charge in [-0.2, -0.15) is 0 Å². The fourth-order valence-electron chi connectivity index (χ4n) is 4.10. The molecule has 6 nitrogen and oxygen atoms in total. The molecule has 6 heteroatoms. The van der Waals surface area contributed by atoms with E-state index in [4.69, 9.17) is 0 Å². The lowest BCUT2D eigenvalue weighted by Gasteiger charge is -2.39. The van der Waals surface area contributed by atoms with E-state index in [1.165, 1.54) is 12.8 Å². The Morgan fingerprint density at radius 1 is 1.20 bits per heavy atom. The maximum absolute atomic E-state index is 9.46. The Morgan fingerprint density at radius 2 is 1.96 bits per heavy atom. The lowest BCUT2D eigenvalue weighted by molar-refractivity contribution is 0.171. The molecule has 1 N–H and O–H groups in total. The van der Waals surface area contributed by atoms with E-state index in [9.17, 15) is 5.11 Å². The minimum absolute atomic E-state index is 0.267. The van der Waals surface area contributed by atoms with Crippen molar-refractivity contribution in [2.45, 2.75) is 51.6 Å². The largest absolute Gasteiger partial charge is 0.396 e. The van der Waals surface area contributed by atoms with Gasteiger partial charge in [-0.1, -0.05) is 0 Å². The van der Waals surface area contributed by atoms with E-state index >= 15 is 0 Å². The van der Waals surface area contributed by atoms with E-state index in [1.54, 1.807) is 6.33 Å². The van der Waals surface area contributed by atoms with Crippen LogP contribution in [0.2, 0.25) is 0 Å². The molecule has 0 radical (unpaired) electrons. The lowest BCUT2D eigenvalue weighted by Crippen LogP contribution is -2.46. The van der Waals surface area contributed by atoms with Crippen molar-refractivity contribution in [3.05, 3.63) is 12.4 Å². The van der Waals surface area contributed by atoms with Crippen LogP contribution in [0.3, 0.4) is 0 Å². The molecule has 1 aromatic rings. The van der Waals surface area contributed by atoms with E-state index in [0.717, 1.165) is 50.7 Å². The van der Waals surface area contributed by atoms with Crippen LogP contribution in [-0.2, 0) is 0 Å². The second-order valence-electron chi connectivity index (χ2n) is 7.84. The van der Waals surface area contributed by atoms with Crippen LogP contribution in [0.25, 0.3) is 0 Å². The number of anilines is 2. The fraction of sp³-hybridized carbons (Fsp3) is 0.789. The smallest absolute Gasteiger partial charge is 0.134 e. The maximum Gasteiger partial charge on any atom is 0.134 e. The zero-order chi connectivity index (χ0) is 17.8. The minimum atomic E-state index is 0.267. The van der Waals surface area contributed by atoms with Crippen LogP contribution >= 0.6 is 0 Å². The molecule has 1 unspecified atom stereocenters. The molecule has 0 aromatic carbocycles. The minimum Gasteiger partial charge on any atom is -0.396 e. The van der Waals surface area contributed by atoms with Gasteiger partial charge in [-0.3, -0.25) is 0 Å². The topological polar surface area (TPSA) is 55.7 Å². The molecule has 0 spiro atoms. The third-order valence-electron chi connectivity index (χ3n) is 5.88. The number of piperidine rings is 2. The molecule has 25 heavy (non-hydrogen) atoms. The first kappa shape index (κ1) is 18.4. The van der Waals surface area contributed by atoms with Crippen molar-refractivity contribution in [1.29, 1.82) is 0 Å². The van der Waals surface area contributed by atoms with Crippen LogP contribution in [0, 0.1) is 5.92 Å². The van der Waals surface area contributed by atoms with E-state index < -0.39 is 0 Å². The Kier molecular flexibility index (Phi) is 6.12. The number of hydrogen-bond donors (Lipinski definition) is 1. The molecular formula is C19H33N5O. The van der Waals surface area contributed by atoms with Crippen LogP contribution in [0.5, 0.6) is 0 Å². The quantitative estimate of drug-likeness (QED) is 0.879. The van der Waals surface area contributed by atoms with Crippen molar-refractivity contribution >= 4 is 11.6 Å². The first-order chi connectivity index (χ1) is 12.1. The van der Waals surface area contributed by atoms with Crippen LogP contribution in [0.4, 0.5) is 11.6 Å². The van der Waals surface area contributed by atoms with Gasteiger partial charge in [-0.15, -0.1) is 0 Å². The van der Waals surface area contributed by atoms with Gasteiger partial charge in [-0.05, 0) is 45.4 Å². The highest BCUT2D eigenvalue weighted by Gasteiger charge is 2.25. The van der Waals surface area contributed by atoms with Gasteiger partial charge in [0, 0.05) is 58.0 Å². The third kappa shape index (κ3) is 4.42. The average molecular weight is 348 g/mol. The first-order valence-electron chi connectivity index (χ1n) is 9.73. The summed E-state index contributed by atoms with van der Waals surface area (Å²) in [6, 6.07) is 3.30. The van der Waals surface area contributed by atoms with Crippen molar-refractivity contribution in [1.82, 2.24) is 14.9 Å². The molecule has 2 saturated heterocycles. The number of hydrogen-bond acceptors (Lipinski definition) is 6. The lowest BCUT2D eigenvalue weighted by atomic mass is 9.99. The maximum atomic E-state index is 9.46. The summed E-state index contributed by atoms with van der Waals surface area (Å²) < 4.78 is 0. The van der Waals surface area contributed by atoms with Gasteiger partial charge in [0.2, 0.25) is 0 Å². The summed E-state index contributed by atoms with van der Waals surface area (Å²) >= 11 is 0. The zero-order valence-corrected chi connectivity index (χ0v) is 15.9. The number of rotatable bonds is 5. The number of aromatic nitrogens is 2. The Morgan fingerprint density at radius 3 is 2.64 bits per heavy atom. The third-order valence-corrected chi connectivity index (χ3v) is 5.88. The van der Waals surface area contributed by atoms with Crippen molar-refractivity contribution in [3.63, 3.8) is 0 Å². The molecule has 2 fully saturated rings. The fourth-order valence-corrected chi connectivity index (χ4v) is 4.10. The molecule has 3 rings (SSSR count). The summed E-state index contributed by atoms with van der Waals surface area (Å²) in [5.41, 5.74) is 0. The van der Waals surface area contributed by atoms with Crippen molar-refractivity contribution < 1.29 is 5.11 Å². The van der Waals surface area contributed by atoms with E-state index in [-0.39, 0.29) is 6.61 Å². The molecule has 1 atom stereocenters. The highest BCUT2D eigenvalue weighted by molar-refractivity contribution is 5.50. The van der Waals surface area contributed by atoms with Gasteiger partial charge in [0.15, 0.2) is 0 Å². The molecule has 1 aromatic heterocycles. The highest BCUT2D eigenvalue weighted by Crippen LogP contribution is 2.26. The van der Waals surface area contributed by atoms with Crippen molar-refractivity contribution in [2.24, 2.45) is 5.92 Å². The normalized spacial score (nSPS) is 23.2. The SMILES string of the molecule is CC(C)N1CCC(N(C)c2cc(N3CCCC(CO)C3)ncn2)CC1. The Bertz CT molecular complexity index is 544. The second kappa shape index (κ2) is 8.32. The van der Waals surface area contributed by atoms with Gasteiger partial charge in [0.25, 0.3) is 0 Å².